The van der Waals surface area contributed by atoms with Gasteiger partial charge in [0.2, 0.25) is 0 Å². The Hall–Kier alpha value is -3.28. The lowest BCUT2D eigenvalue weighted by molar-refractivity contribution is -0.143. The maximum atomic E-state index is 13.3. The Morgan fingerprint density at radius 2 is 1.54 bits per heavy atom. The fourth-order valence-electron chi connectivity index (χ4n) is 4.25. The van der Waals surface area contributed by atoms with Gasteiger partial charge in [-0.05, 0) is 56.6 Å². The molecule has 200 valence electrons. The minimum Gasteiger partial charge on any atom is -0.493 e. The van der Waals surface area contributed by atoms with Crippen molar-refractivity contribution >= 4 is 22.4 Å². The first-order valence-electron chi connectivity index (χ1n) is 11.8. The molecule has 2 aromatic carbocycles. The van der Waals surface area contributed by atoms with Gasteiger partial charge >= 0.3 is 12.4 Å². The number of hydrogen-bond donors (Lipinski definition) is 1. The zero-order valence-corrected chi connectivity index (χ0v) is 20.0. The Morgan fingerprint density at radius 3 is 2.16 bits per heavy atom. The average Bonchev–Trinajstić information content (AvgIpc) is 2.86. The van der Waals surface area contributed by atoms with Crippen LogP contribution in [0, 0.1) is 0 Å². The van der Waals surface area contributed by atoms with E-state index in [1.807, 2.05) is 0 Å². The maximum Gasteiger partial charge on any atom is 0.416 e. The molecule has 37 heavy (non-hydrogen) atoms. The molecule has 0 atom stereocenters. The number of benzene rings is 2. The van der Waals surface area contributed by atoms with Crippen LogP contribution < -0.4 is 14.8 Å². The number of hydrogen-bond acceptors (Lipinski definition) is 6. The van der Waals surface area contributed by atoms with Crippen molar-refractivity contribution in [2.45, 2.75) is 38.0 Å². The van der Waals surface area contributed by atoms with Crippen LogP contribution in [0.25, 0.3) is 10.9 Å². The van der Waals surface area contributed by atoms with E-state index >= 15 is 0 Å². The number of nitrogens with zero attached hydrogens (tertiary/aromatic N) is 3. The zero-order valence-electron chi connectivity index (χ0n) is 20.0. The molecule has 1 saturated heterocycles. The molecule has 0 amide bonds. The normalized spacial score (nSPS) is 15.1. The van der Waals surface area contributed by atoms with Gasteiger partial charge in [0.15, 0.2) is 11.5 Å². The van der Waals surface area contributed by atoms with Crippen molar-refractivity contribution < 1.29 is 35.8 Å². The van der Waals surface area contributed by atoms with Crippen LogP contribution in [0.15, 0.2) is 36.7 Å². The molecule has 1 N–H and O–H groups in total. The minimum atomic E-state index is -4.96. The molecule has 3 aromatic rings. The second-order valence-corrected chi connectivity index (χ2v) is 8.77. The van der Waals surface area contributed by atoms with Crippen LogP contribution in [-0.2, 0) is 12.4 Å². The molecule has 0 saturated carbocycles. The Kier molecular flexibility index (Phi) is 7.96. The number of nitrogens with one attached hydrogen (secondary N) is 1. The van der Waals surface area contributed by atoms with Crippen molar-refractivity contribution in [1.29, 1.82) is 0 Å². The van der Waals surface area contributed by atoms with Crippen molar-refractivity contribution in [2.24, 2.45) is 0 Å². The van der Waals surface area contributed by atoms with Crippen LogP contribution >= 0.6 is 0 Å². The minimum absolute atomic E-state index is 0.0207. The fraction of sp³-hybridized carbons (Fsp3) is 0.440. The molecule has 0 unspecified atom stereocenters. The lowest BCUT2D eigenvalue weighted by Crippen LogP contribution is -2.31. The topological polar surface area (TPSA) is 59.5 Å². The largest absolute Gasteiger partial charge is 0.493 e. The number of ether oxygens (including phenoxy) is 2. The first-order chi connectivity index (χ1) is 17.5. The summed E-state index contributed by atoms with van der Waals surface area (Å²) in [4.78, 5) is 10.6. The number of anilines is 2. The van der Waals surface area contributed by atoms with Gasteiger partial charge in [-0.1, -0.05) is 6.42 Å². The summed E-state index contributed by atoms with van der Waals surface area (Å²) < 4.78 is 90.8. The summed E-state index contributed by atoms with van der Waals surface area (Å²) in [5.41, 5.74) is -2.89. The zero-order chi connectivity index (χ0) is 26.6. The predicted molar refractivity (Wildman–Crippen MR) is 126 cm³/mol. The van der Waals surface area contributed by atoms with E-state index in [1.54, 1.807) is 6.07 Å². The second-order valence-electron chi connectivity index (χ2n) is 8.77. The number of rotatable bonds is 8. The number of alkyl halides is 6. The summed E-state index contributed by atoms with van der Waals surface area (Å²) in [6.45, 7) is 3.53. The van der Waals surface area contributed by atoms with Gasteiger partial charge in [-0.15, -0.1) is 0 Å². The summed E-state index contributed by atoms with van der Waals surface area (Å²) in [5, 5.41) is 2.92. The highest BCUT2D eigenvalue weighted by atomic mass is 19.4. The van der Waals surface area contributed by atoms with E-state index in [9.17, 15) is 26.3 Å². The van der Waals surface area contributed by atoms with E-state index < -0.39 is 29.2 Å². The van der Waals surface area contributed by atoms with Crippen LogP contribution in [0.1, 0.15) is 36.8 Å². The average molecular weight is 528 g/mol. The standard InChI is InChI=1S/C25H26F6N4O2/c1-36-21-13-19-20(14-22(21)37-9-5-8-35-6-3-2-4-7-35)32-15-33-23(19)34-18-11-16(24(26,27)28)10-17(12-18)25(29,30)31/h10-15H,2-9H2,1H3,(H,32,33,34). The van der Waals surface area contributed by atoms with Gasteiger partial charge in [-0.25, -0.2) is 9.97 Å². The molecule has 1 aromatic heterocycles. The molecule has 4 rings (SSSR count). The van der Waals surface area contributed by atoms with Gasteiger partial charge in [0.1, 0.15) is 12.1 Å². The molecule has 2 heterocycles. The molecule has 1 aliphatic rings. The molecule has 0 spiro atoms. The Labute approximate surface area is 209 Å². The van der Waals surface area contributed by atoms with Gasteiger partial charge in [-0.2, -0.15) is 26.3 Å². The summed E-state index contributed by atoms with van der Waals surface area (Å²) in [5.74, 6) is 0.785. The summed E-state index contributed by atoms with van der Waals surface area (Å²) in [6, 6.07) is 4.41. The fourth-order valence-corrected chi connectivity index (χ4v) is 4.25. The van der Waals surface area contributed by atoms with Crippen molar-refractivity contribution in [1.82, 2.24) is 14.9 Å². The molecule has 12 heteroatoms. The Bertz CT molecular complexity index is 1190. The maximum absolute atomic E-state index is 13.3. The number of fused-ring (bicyclic) bond motifs is 1. The molecule has 1 aliphatic heterocycles. The van der Waals surface area contributed by atoms with Crippen LogP contribution in [0.2, 0.25) is 0 Å². The van der Waals surface area contributed by atoms with Crippen LogP contribution in [-0.4, -0.2) is 48.2 Å². The molecule has 1 fully saturated rings. The van der Waals surface area contributed by atoms with E-state index in [0.717, 1.165) is 32.4 Å². The van der Waals surface area contributed by atoms with Gasteiger partial charge in [-0.3, -0.25) is 0 Å². The SMILES string of the molecule is COc1cc2c(Nc3cc(C(F)(F)F)cc(C(F)(F)F)c3)ncnc2cc1OCCCN1CCCCC1. The highest BCUT2D eigenvalue weighted by Gasteiger charge is 2.37. The highest BCUT2D eigenvalue weighted by Crippen LogP contribution is 2.39. The molecule has 6 nitrogen and oxygen atoms in total. The quantitative estimate of drug-likeness (QED) is 0.260. The molecular formula is C25H26F6N4O2. The molecular weight excluding hydrogens is 502 g/mol. The van der Waals surface area contributed by atoms with Crippen molar-refractivity contribution in [3.05, 3.63) is 47.8 Å². The van der Waals surface area contributed by atoms with Crippen molar-refractivity contribution in [3.63, 3.8) is 0 Å². The van der Waals surface area contributed by atoms with E-state index in [0.29, 0.717) is 41.1 Å². The first-order valence-corrected chi connectivity index (χ1v) is 11.8. The number of methoxy groups -OCH3 is 1. The molecule has 0 aliphatic carbocycles. The molecule has 0 bridgehead atoms. The van der Waals surface area contributed by atoms with Crippen LogP contribution in [0.5, 0.6) is 11.5 Å². The Morgan fingerprint density at radius 1 is 0.865 bits per heavy atom. The summed E-state index contributed by atoms with van der Waals surface area (Å²) >= 11 is 0. The van der Waals surface area contributed by atoms with E-state index in [2.05, 4.69) is 20.2 Å². The molecule has 0 radical (unpaired) electrons. The lowest BCUT2D eigenvalue weighted by Gasteiger charge is -2.26. The van der Waals surface area contributed by atoms with Gasteiger partial charge < -0.3 is 19.7 Å². The highest BCUT2D eigenvalue weighted by molar-refractivity contribution is 5.93. The third-order valence-corrected chi connectivity index (χ3v) is 6.10. The lowest BCUT2D eigenvalue weighted by atomic mass is 10.1. The van der Waals surface area contributed by atoms with Crippen molar-refractivity contribution in [2.75, 3.05) is 38.7 Å². The number of aromatic nitrogens is 2. The van der Waals surface area contributed by atoms with Gasteiger partial charge in [0, 0.05) is 23.7 Å². The number of likely N-dealkylation sites (tertiary alicyclic amines) is 1. The van der Waals surface area contributed by atoms with Crippen molar-refractivity contribution in [3.8, 4) is 11.5 Å². The first kappa shape index (κ1) is 26.8. The summed E-state index contributed by atoms with van der Waals surface area (Å²) in [6.07, 6.45) is -4.29. The Balaban J connectivity index is 1.57. The van der Waals surface area contributed by atoms with E-state index in [1.165, 1.54) is 32.4 Å². The number of halogens is 6. The monoisotopic (exact) mass is 528 g/mol. The predicted octanol–water partition coefficient (Wildman–Crippen LogP) is 6.67. The third-order valence-electron chi connectivity index (χ3n) is 6.10. The smallest absolute Gasteiger partial charge is 0.416 e. The van der Waals surface area contributed by atoms with E-state index in [-0.39, 0.29) is 11.9 Å². The van der Waals surface area contributed by atoms with Crippen LogP contribution in [0.4, 0.5) is 37.8 Å². The van der Waals surface area contributed by atoms with Gasteiger partial charge in [0.05, 0.1) is 30.4 Å². The van der Waals surface area contributed by atoms with Crippen LogP contribution in [0.3, 0.4) is 0 Å². The summed E-state index contributed by atoms with van der Waals surface area (Å²) in [7, 11) is 1.43. The number of piperidine rings is 1. The second kappa shape index (κ2) is 11.0. The van der Waals surface area contributed by atoms with E-state index in [4.69, 9.17) is 9.47 Å². The van der Waals surface area contributed by atoms with Gasteiger partial charge in [0.25, 0.3) is 0 Å². The third kappa shape index (κ3) is 6.73.